The van der Waals surface area contributed by atoms with Gasteiger partial charge in [0.15, 0.2) is 5.13 Å². The molecule has 1 N–H and O–H groups in total. The van der Waals surface area contributed by atoms with Crippen LogP contribution in [0.5, 0.6) is 0 Å². The van der Waals surface area contributed by atoms with Crippen LogP contribution in [0.15, 0.2) is 24.3 Å². The molecule has 0 aliphatic carbocycles. The van der Waals surface area contributed by atoms with Crippen molar-refractivity contribution in [1.29, 1.82) is 0 Å². The summed E-state index contributed by atoms with van der Waals surface area (Å²) in [5.74, 6) is 0. The summed E-state index contributed by atoms with van der Waals surface area (Å²) >= 11 is 11.1. The van der Waals surface area contributed by atoms with E-state index in [1.807, 2.05) is 24.3 Å². The van der Waals surface area contributed by atoms with Crippen LogP contribution in [0.3, 0.4) is 0 Å². The van der Waals surface area contributed by atoms with E-state index in [-0.39, 0.29) is 18.9 Å². The summed E-state index contributed by atoms with van der Waals surface area (Å²) in [6.45, 7) is 0. The molecule has 0 bridgehead atoms. The van der Waals surface area contributed by atoms with Gasteiger partial charge in [0.05, 0.1) is 10.2 Å². The third kappa shape index (κ3) is 2.66. The summed E-state index contributed by atoms with van der Waals surface area (Å²) in [5, 5.41) is 3.61. The first-order valence-electron chi connectivity index (χ1n) is 3.59. The van der Waals surface area contributed by atoms with Crippen molar-refractivity contribution in [1.82, 2.24) is 4.98 Å². The maximum atomic E-state index is 4.75. The summed E-state index contributed by atoms with van der Waals surface area (Å²) in [5.41, 5.74) is 0.973. The van der Waals surface area contributed by atoms with Crippen LogP contribution in [0.25, 0.3) is 10.2 Å². The first kappa shape index (κ1) is 11.9. The zero-order valence-electron chi connectivity index (χ0n) is 7.48. The SMILES string of the molecule is S=C([S-])Nc1nc2ccccc2s1.[Li+]. The molecule has 6 heteroatoms. The van der Waals surface area contributed by atoms with Crippen molar-refractivity contribution in [3.8, 4) is 0 Å². The molecule has 0 spiro atoms. The van der Waals surface area contributed by atoms with Gasteiger partial charge in [0.25, 0.3) is 0 Å². The van der Waals surface area contributed by atoms with E-state index in [0.717, 1.165) is 15.3 Å². The topological polar surface area (TPSA) is 24.9 Å². The average Bonchev–Trinajstić information content (AvgIpc) is 2.44. The molecule has 0 radical (unpaired) electrons. The molecule has 2 aromatic rings. The maximum absolute atomic E-state index is 4.75. The van der Waals surface area contributed by atoms with Crippen molar-refractivity contribution < 1.29 is 18.9 Å². The van der Waals surface area contributed by atoms with E-state index in [1.54, 1.807) is 11.3 Å². The van der Waals surface area contributed by atoms with Gasteiger partial charge in [-0.3, -0.25) is 0 Å². The van der Waals surface area contributed by atoms with Crippen LogP contribution in [0, 0.1) is 0 Å². The smallest absolute Gasteiger partial charge is 0.411 e. The molecule has 66 valence electrons. The molecule has 0 aliphatic rings. The second kappa shape index (κ2) is 5.06. The van der Waals surface area contributed by atoms with Crippen LogP contribution in [-0.4, -0.2) is 9.30 Å². The molecule has 1 aromatic carbocycles. The van der Waals surface area contributed by atoms with Crippen LogP contribution in [0.1, 0.15) is 0 Å². The Kier molecular flexibility index (Phi) is 4.29. The number of aromatic nitrogens is 1. The van der Waals surface area contributed by atoms with Gasteiger partial charge < -0.3 is 30.2 Å². The Hall–Kier alpha value is -0.183. The second-order valence-electron chi connectivity index (χ2n) is 2.40. The largest absolute Gasteiger partial charge is 1.00 e. The molecule has 1 aromatic heterocycles. The van der Waals surface area contributed by atoms with E-state index in [9.17, 15) is 0 Å². The fraction of sp³-hybridized carbons (Fsp3) is 0. The number of hydrogen-bond donors (Lipinski definition) is 1. The molecule has 2 nitrogen and oxygen atoms in total. The van der Waals surface area contributed by atoms with E-state index in [4.69, 9.17) is 24.8 Å². The first-order chi connectivity index (χ1) is 6.25. The molecule has 0 atom stereocenters. The van der Waals surface area contributed by atoms with Crippen LogP contribution in [-0.2, 0) is 12.6 Å². The van der Waals surface area contributed by atoms with E-state index in [2.05, 4.69) is 10.3 Å². The number of fused-ring (bicyclic) bond motifs is 1. The van der Waals surface area contributed by atoms with Crippen molar-refractivity contribution in [3.63, 3.8) is 0 Å². The summed E-state index contributed by atoms with van der Waals surface area (Å²) < 4.78 is 1.47. The fourth-order valence-electron chi connectivity index (χ4n) is 1.01. The molecular formula is C8H5LiN2S3. The van der Waals surface area contributed by atoms with E-state index in [0.29, 0.717) is 4.32 Å². The summed E-state index contributed by atoms with van der Waals surface area (Å²) in [6, 6.07) is 7.92. The molecule has 0 saturated carbocycles. The van der Waals surface area contributed by atoms with Gasteiger partial charge in [-0.25, -0.2) is 4.98 Å². The predicted octanol–water partition coefficient (Wildman–Crippen LogP) is -0.456. The Labute approximate surface area is 109 Å². The van der Waals surface area contributed by atoms with E-state index < -0.39 is 0 Å². The minimum absolute atomic E-state index is 0. The summed E-state index contributed by atoms with van der Waals surface area (Å²) in [4.78, 5) is 4.31. The Morgan fingerprint density at radius 2 is 2.14 bits per heavy atom. The van der Waals surface area contributed by atoms with Gasteiger partial charge in [-0.15, -0.1) is 0 Å². The molecule has 0 unspecified atom stereocenters. The fourth-order valence-corrected chi connectivity index (χ4v) is 2.21. The molecule has 0 aliphatic heterocycles. The monoisotopic (exact) mass is 232 g/mol. The van der Waals surface area contributed by atoms with Crippen molar-refractivity contribution >= 4 is 55.9 Å². The van der Waals surface area contributed by atoms with Crippen LogP contribution in [0.4, 0.5) is 5.13 Å². The summed E-state index contributed by atoms with van der Waals surface area (Å²) in [7, 11) is 0. The van der Waals surface area contributed by atoms with Crippen molar-refractivity contribution in [2.45, 2.75) is 0 Å². The number of anilines is 1. The minimum Gasteiger partial charge on any atom is -0.411 e. The number of thiazole rings is 1. The zero-order chi connectivity index (χ0) is 9.26. The number of nitrogens with zero attached hydrogens (tertiary/aromatic N) is 1. The maximum Gasteiger partial charge on any atom is 1.00 e. The molecule has 0 saturated heterocycles. The second-order valence-corrected chi connectivity index (χ2v) is 4.50. The molecule has 0 amide bonds. The molecule has 2 rings (SSSR count). The zero-order valence-corrected chi connectivity index (χ0v) is 9.93. The van der Waals surface area contributed by atoms with Gasteiger partial charge in [-0.05, 0) is 12.1 Å². The number of benzene rings is 1. The van der Waals surface area contributed by atoms with E-state index >= 15 is 0 Å². The van der Waals surface area contributed by atoms with Crippen LogP contribution >= 0.6 is 23.6 Å². The number of hydrogen-bond acceptors (Lipinski definition) is 4. The van der Waals surface area contributed by atoms with Gasteiger partial charge in [-0.2, -0.15) is 0 Å². The Morgan fingerprint density at radius 1 is 1.43 bits per heavy atom. The van der Waals surface area contributed by atoms with Crippen molar-refractivity contribution in [2.24, 2.45) is 0 Å². The number of thiocarbonyl (C=S) groups is 1. The predicted molar refractivity (Wildman–Crippen MR) is 63.2 cm³/mol. The van der Waals surface area contributed by atoms with E-state index in [1.165, 1.54) is 0 Å². The van der Waals surface area contributed by atoms with Crippen LogP contribution in [0.2, 0.25) is 0 Å². The van der Waals surface area contributed by atoms with Crippen molar-refractivity contribution in [3.05, 3.63) is 24.3 Å². The Balaban J connectivity index is 0.000000980. The van der Waals surface area contributed by atoms with Gasteiger partial charge in [0.1, 0.15) is 0 Å². The molecular weight excluding hydrogens is 227 g/mol. The molecule has 0 fully saturated rings. The quantitative estimate of drug-likeness (QED) is 0.409. The number of nitrogens with one attached hydrogen (secondary N) is 1. The third-order valence-electron chi connectivity index (χ3n) is 1.50. The van der Waals surface area contributed by atoms with Gasteiger partial charge in [0, 0.05) is 0 Å². The Morgan fingerprint density at radius 3 is 2.79 bits per heavy atom. The van der Waals surface area contributed by atoms with Gasteiger partial charge in [-0.1, -0.05) is 27.8 Å². The summed E-state index contributed by atoms with van der Waals surface area (Å²) in [6.07, 6.45) is 0. The normalized spacial score (nSPS) is 9.43. The van der Waals surface area contributed by atoms with Crippen molar-refractivity contribution in [2.75, 3.05) is 5.32 Å². The molecule has 1 heterocycles. The minimum atomic E-state index is 0. The first-order valence-corrected chi connectivity index (χ1v) is 5.22. The number of rotatable bonds is 1. The number of para-hydroxylation sites is 1. The van der Waals surface area contributed by atoms with Gasteiger partial charge >= 0.3 is 18.9 Å². The molecule has 14 heavy (non-hydrogen) atoms. The van der Waals surface area contributed by atoms with Crippen LogP contribution < -0.4 is 24.2 Å². The standard InChI is InChI=1S/C8H6N2S3.Li/c11-8(12)10-7-9-5-3-1-2-4-6(5)13-7;/h1-4H,(H2,9,10,11,12);/q;+1/p-1. The van der Waals surface area contributed by atoms with Gasteiger partial charge in [0.2, 0.25) is 0 Å². The third-order valence-corrected chi connectivity index (χ3v) is 2.66. The Bertz CT molecular complexity index is 422. The average molecular weight is 232 g/mol.